The number of hydrogen-bond donors (Lipinski definition) is 4. The summed E-state index contributed by atoms with van der Waals surface area (Å²) in [6.07, 6.45) is 5.83. The van der Waals surface area contributed by atoms with E-state index in [1.807, 2.05) is 12.1 Å². The first kappa shape index (κ1) is 16.9. The van der Waals surface area contributed by atoms with Gasteiger partial charge >= 0.3 is 0 Å². The molecule has 144 valence electrons. The molecule has 1 aromatic rings. The molecule has 7 nitrogen and oxygen atoms in total. The van der Waals surface area contributed by atoms with E-state index in [0.717, 1.165) is 37.9 Å². The second-order valence-corrected chi connectivity index (χ2v) is 8.15. The summed E-state index contributed by atoms with van der Waals surface area (Å²) in [5.74, 6) is 1.19. The van der Waals surface area contributed by atoms with Crippen LogP contribution < -0.4 is 16.2 Å². The molecule has 2 aliphatic carbocycles. The van der Waals surface area contributed by atoms with Crippen molar-refractivity contribution in [1.82, 2.24) is 4.90 Å². The number of phenols is 1. The number of nitrogens with two attached hydrogens (primary N) is 2. The first-order valence-electron chi connectivity index (χ1n) is 9.70. The molecule has 1 saturated heterocycles. The molecule has 6 N–H and O–H groups in total. The van der Waals surface area contributed by atoms with E-state index in [9.17, 15) is 10.2 Å². The number of phenolic OH excluding ortho intramolecular Hbond substituents is 1. The van der Waals surface area contributed by atoms with Crippen LogP contribution in [0.4, 0.5) is 0 Å². The van der Waals surface area contributed by atoms with Gasteiger partial charge in [-0.3, -0.25) is 9.89 Å². The summed E-state index contributed by atoms with van der Waals surface area (Å²) in [6, 6.07) is 4.11. The molecule has 5 rings (SSSR count). The molecule has 2 heterocycles. The molecule has 1 fully saturated rings. The average Bonchev–Trinajstić information content (AvgIpc) is 2.99. The van der Waals surface area contributed by atoms with Crippen molar-refractivity contribution in [3.05, 3.63) is 35.4 Å². The van der Waals surface area contributed by atoms with Crippen molar-refractivity contribution in [2.24, 2.45) is 22.4 Å². The Morgan fingerprint density at radius 1 is 1.33 bits per heavy atom. The lowest BCUT2D eigenvalue weighted by Crippen LogP contribution is -2.65. The summed E-state index contributed by atoms with van der Waals surface area (Å²) in [7, 11) is 0. The Bertz CT molecular complexity index is 835. The third-order valence-electron chi connectivity index (χ3n) is 6.88. The summed E-state index contributed by atoms with van der Waals surface area (Å²) >= 11 is 0. The average molecular weight is 370 g/mol. The van der Waals surface area contributed by atoms with Crippen LogP contribution in [0.25, 0.3) is 0 Å². The van der Waals surface area contributed by atoms with Crippen molar-refractivity contribution >= 4 is 5.96 Å². The van der Waals surface area contributed by atoms with Gasteiger partial charge in [0.05, 0.1) is 0 Å². The van der Waals surface area contributed by atoms with E-state index >= 15 is 0 Å². The number of likely N-dealkylation sites (tertiary alicyclic amines) is 1. The molecule has 4 aliphatic rings. The molecule has 1 unspecified atom stereocenters. The van der Waals surface area contributed by atoms with Crippen LogP contribution >= 0.6 is 0 Å². The van der Waals surface area contributed by atoms with E-state index in [-0.39, 0.29) is 29.1 Å². The molecule has 0 aromatic heterocycles. The van der Waals surface area contributed by atoms with Gasteiger partial charge in [-0.2, -0.15) is 0 Å². The third kappa shape index (κ3) is 2.24. The van der Waals surface area contributed by atoms with E-state index in [1.54, 1.807) is 6.07 Å². The topological polar surface area (TPSA) is 117 Å². The van der Waals surface area contributed by atoms with Crippen LogP contribution in [0.3, 0.4) is 0 Å². The normalized spacial score (nSPS) is 35.4. The van der Waals surface area contributed by atoms with Gasteiger partial charge in [0.2, 0.25) is 0 Å². The lowest BCUT2D eigenvalue weighted by Gasteiger charge is -2.57. The van der Waals surface area contributed by atoms with Gasteiger partial charge in [0.25, 0.3) is 0 Å². The molecule has 27 heavy (non-hydrogen) atoms. The minimum absolute atomic E-state index is 0.140. The Labute approximate surface area is 158 Å². The monoisotopic (exact) mass is 370 g/mol. The molecular formula is C20H26N4O3. The highest BCUT2D eigenvalue weighted by molar-refractivity contribution is 5.75. The fraction of sp³-hybridized carbons (Fsp3) is 0.550. The fourth-order valence-corrected chi connectivity index (χ4v) is 5.89. The number of rotatable bonds is 4. The maximum absolute atomic E-state index is 10.6. The smallest absolute Gasteiger partial charge is 0.185 e. The van der Waals surface area contributed by atoms with Crippen LogP contribution in [0, 0.1) is 5.92 Å². The lowest BCUT2D eigenvalue weighted by molar-refractivity contribution is -0.0516. The molecule has 0 radical (unpaired) electrons. The van der Waals surface area contributed by atoms with Crippen LogP contribution in [0.5, 0.6) is 11.5 Å². The van der Waals surface area contributed by atoms with Crippen LogP contribution in [0.15, 0.2) is 29.3 Å². The van der Waals surface area contributed by atoms with E-state index < -0.39 is 6.10 Å². The Morgan fingerprint density at radius 3 is 3.00 bits per heavy atom. The van der Waals surface area contributed by atoms with Gasteiger partial charge in [-0.25, -0.2) is 0 Å². The molecule has 0 amide bonds. The van der Waals surface area contributed by atoms with Crippen LogP contribution in [-0.2, 0) is 11.8 Å². The number of ether oxygens (including phenoxy) is 1. The molecule has 1 aromatic carbocycles. The number of nitrogens with zero attached hydrogens (tertiary/aromatic N) is 2. The standard InChI is InChI=1S/C20H26N4O3/c21-19(22)23-7-1-8-24-9-6-20-12-3-5-15(26)18(20)27-17-14(25)4-2-11(16(17)20)10-13(12)24/h2-5,12-13,15,18,25-26H,1,6-10H2,(H4,21,22,23)/t12?,13-,15+,18+,20+/m1/s1. The number of hydrogen-bond acceptors (Lipinski definition) is 5. The number of piperidine rings is 1. The second kappa shape index (κ2) is 5.87. The fourth-order valence-electron chi connectivity index (χ4n) is 5.89. The molecule has 5 atom stereocenters. The Hall–Kier alpha value is -2.25. The quantitative estimate of drug-likeness (QED) is 0.261. The van der Waals surface area contributed by atoms with Crippen molar-refractivity contribution in [3.8, 4) is 11.5 Å². The largest absolute Gasteiger partial charge is 0.504 e. The summed E-state index contributed by atoms with van der Waals surface area (Å²) in [6.45, 7) is 2.52. The van der Waals surface area contributed by atoms with E-state index in [4.69, 9.17) is 16.2 Å². The molecule has 2 bridgehead atoms. The second-order valence-electron chi connectivity index (χ2n) is 8.15. The summed E-state index contributed by atoms with van der Waals surface area (Å²) in [5.41, 5.74) is 13.0. The van der Waals surface area contributed by atoms with Crippen molar-refractivity contribution in [2.75, 3.05) is 19.6 Å². The zero-order chi connectivity index (χ0) is 18.8. The van der Waals surface area contributed by atoms with E-state index in [1.165, 1.54) is 5.56 Å². The Morgan fingerprint density at radius 2 is 2.19 bits per heavy atom. The van der Waals surface area contributed by atoms with Gasteiger partial charge < -0.3 is 26.4 Å². The zero-order valence-corrected chi connectivity index (χ0v) is 15.2. The number of aliphatic hydroxyl groups is 1. The maximum atomic E-state index is 10.6. The Kier molecular flexibility index (Phi) is 3.67. The zero-order valence-electron chi connectivity index (χ0n) is 15.2. The van der Waals surface area contributed by atoms with Crippen LogP contribution in [-0.4, -0.2) is 59.0 Å². The SMILES string of the molecule is NC(N)=NCCCN1CC[C@]23c4c5ccc(O)c4O[C@H]2[C@@H](O)C=CC3[C@H]1C5. The highest BCUT2D eigenvalue weighted by Gasteiger charge is 2.64. The highest BCUT2D eigenvalue weighted by Crippen LogP contribution is 2.62. The maximum Gasteiger partial charge on any atom is 0.185 e. The third-order valence-corrected chi connectivity index (χ3v) is 6.88. The first-order chi connectivity index (χ1) is 13.0. The molecule has 0 saturated carbocycles. The van der Waals surface area contributed by atoms with E-state index in [0.29, 0.717) is 18.3 Å². The van der Waals surface area contributed by atoms with Gasteiger partial charge in [0, 0.05) is 36.0 Å². The number of aliphatic hydroxyl groups excluding tert-OH is 1. The lowest BCUT2D eigenvalue weighted by atomic mass is 9.53. The molecule has 2 aliphatic heterocycles. The Balaban J connectivity index is 1.51. The number of aromatic hydroxyl groups is 1. The van der Waals surface area contributed by atoms with Gasteiger partial charge in [0.1, 0.15) is 12.2 Å². The van der Waals surface area contributed by atoms with Gasteiger partial charge in [0.15, 0.2) is 17.5 Å². The summed E-state index contributed by atoms with van der Waals surface area (Å²) < 4.78 is 6.17. The van der Waals surface area contributed by atoms with Gasteiger partial charge in [-0.05, 0) is 37.4 Å². The minimum Gasteiger partial charge on any atom is -0.504 e. The predicted octanol–water partition coefficient (Wildman–Crippen LogP) is 0.232. The van der Waals surface area contributed by atoms with E-state index in [2.05, 4.69) is 16.0 Å². The minimum atomic E-state index is -0.645. The van der Waals surface area contributed by atoms with Crippen LogP contribution in [0.1, 0.15) is 24.0 Å². The van der Waals surface area contributed by atoms with Gasteiger partial charge in [-0.1, -0.05) is 18.2 Å². The van der Waals surface area contributed by atoms with Crippen LogP contribution in [0.2, 0.25) is 0 Å². The summed E-state index contributed by atoms with van der Waals surface area (Å²) in [5, 5.41) is 21.0. The number of aliphatic imine (C=N–C) groups is 1. The molecular weight excluding hydrogens is 344 g/mol. The van der Waals surface area contributed by atoms with Crippen molar-refractivity contribution < 1.29 is 14.9 Å². The van der Waals surface area contributed by atoms with Crippen molar-refractivity contribution in [1.29, 1.82) is 0 Å². The summed E-state index contributed by atoms with van der Waals surface area (Å²) in [4.78, 5) is 6.63. The molecule has 7 heteroatoms. The van der Waals surface area contributed by atoms with Crippen molar-refractivity contribution in [2.45, 2.75) is 42.9 Å². The predicted molar refractivity (Wildman–Crippen MR) is 102 cm³/mol. The highest BCUT2D eigenvalue weighted by atomic mass is 16.5. The number of guanidine groups is 1. The first-order valence-corrected chi connectivity index (χ1v) is 9.70. The number of benzene rings is 1. The molecule has 1 spiro atoms. The van der Waals surface area contributed by atoms with Crippen molar-refractivity contribution in [3.63, 3.8) is 0 Å². The van der Waals surface area contributed by atoms with Gasteiger partial charge in [-0.15, -0.1) is 0 Å².